The van der Waals surface area contributed by atoms with Crippen molar-refractivity contribution in [3.63, 3.8) is 0 Å². The largest absolute Gasteiger partial charge is 0.358 e. The Labute approximate surface area is 158 Å². The number of halogens is 1. The van der Waals surface area contributed by atoms with E-state index in [1.165, 1.54) is 11.3 Å². The van der Waals surface area contributed by atoms with E-state index in [0.29, 0.717) is 17.2 Å². The zero-order valence-electron chi connectivity index (χ0n) is 13.8. The fraction of sp³-hybridized carbons (Fsp3) is 0.353. The van der Waals surface area contributed by atoms with E-state index in [4.69, 9.17) is 0 Å². The lowest BCUT2D eigenvalue weighted by molar-refractivity contribution is -0.122. The van der Waals surface area contributed by atoms with Gasteiger partial charge in [-0.05, 0) is 43.7 Å². The van der Waals surface area contributed by atoms with Crippen LogP contribution in [0, 0.1) is 0 Å². The average molecular weight is 423 g/mol. The van der Waals surface area contributed by atoms with E-state index in [-0.39, 0.29) is 17.9 Å². The first kappa shape index (κ1) is 18.0. The van der Waals surface area contributed by atoms with Crippen molar-refractivity contribution in [3.8, 4) is 0 Å². The molecule has 1 unspecified atom stereocenters. The molecule has 1 aromatic heterocycles. The van der Waals surface area contributed by atoms with Gasteiger partial charge in [0, 0.05) is 22.5 Å². The van der Waals surface area contributed by atoms with Crippen LogP contribution in [0.1, 0.15) is 34.9 Å². The number of thiazole rings is 1. The molecule has 0 radical (unpaired) electrons. The SMILES string of the molecule is CNC(=O)CN1CCCC1c1csc(NC(=O)c2ccc(Br)cc2)n1. The highest BCUT2D eigenvalue weighted by Crippen LogP contribution is 2.33. The summed E-state index contributed by atoms with van der Waals surface area (Å²) in [6.07, 6.45) is 2.01. The third kappa shape index (κ3) is 4.45. The predicted molar refractivity (Wildman–Crippen MR) is 102 cm³/mol. The van der Waals surface area contributed by atoms with Crippen LogP contribution in [0.5, 0.6) is 0 Å². The van der Waals surface area contributed by atoms with Crippen molar-refractivity contribution < 1.29 is 9.59 Å². The van der Waals surface area contributed by atoms with Gasteiger partial charge in [-0.1, -0.05) is 15.9 Å². The van der Waals surface area contributed by atoms with Gasteiger partial charge in [0.05, 0.1) is 18.3 Å². The molecule has 1 aliphatic rings. The van der Waals surface area contributed by atoms with Crippen molar-refractivity contribution in [3.05, 3.63) is 45.4 Å². The van der Waals surface area contributed by atoms with Gasteiger partial charge in [0.15, 0.2) is 5.13 Å². The molecule has 2 aromatic rings. The molecular weight excluding hydrogens is 404 g/mol. The third-order valence-corrected chi connectivity index (χ3v) is 5.48. The summed E-state index contributed by atoms with van der Waals surface area (Å²) >= 11 is 4.76. The Hall–Kier alpha value is -1.77. The van der Waals surface area contributed by atoms with Crippen molar-refractivity contribution in [2.75, 3.05) is 25.5 Å². The number of anilines is 1. The molecule has 3 rings (SSSR count). The van der Waals surface area contributed by atoms with Crippen LogP contribution in [0.25, 0.3) is 0 Å². The first-order valence-electron chi connectivity index (χ1n) is 8.04. The number of aromatic nitrogens is 1. The Morgan fingerprint density at radius 1 is 1.36 bits per heavy atom. The molecule has 8 heteroatoms. The number of amides is 2. The summed E-state index contributed by atoms with van der Waals surface area (Å²) in [5.41, 5.74) is 1.50. The van der Waals surface area contributed by atoms with Crippen molar-refractivity contribution >= 4 is 44.2 Å². The third-order valence-electron chi connectivity index (χ3n) is 4.18. The molecule has 1 fully saturated rings. The zero-order valence-corrected chi connectivity index (χ0v) is 16.2. The van der Waals surface area contributed by atoms with Crippen LogP contribution in [-0.2, 0) is 4.79 Å². The molecule has 1 atom stereocenters. The van der Waals surface area contributed by atoms with Gasteiger partial charge in [0.25, 0.3) is 5.91 Å². The lowest BCUT2D eigenvalue weighted by Crippen LogP contribution is -2.35. The normalized spacial score (nSPS) is 17.4. The van der Waals surface area contributed by atoms with Gasteiger partial charge in [-0.2, -0.15) is 0 Å². The first-order chi connectivity index (χ1) is 12.1. The number of carbonyl (C=O) groups is 2. The van der Waals surface area contributed by atoms with Crippen LogP contribution in [0.15, 0.2) is 34.1 Å². The summed E-state index contributed by atoms with van der Waals surface area (Å²) in [6, 6.07) is 7.31. The van der Waals surface area contributed by atoms with E-state index in [1.54, 1.807) is 19.2 Å². The van der Waals surface area contributed by atoms with Gasteiger partial charge >= 0.3 is 0 Å². The lowest BCUT2D eigenvalue weighted by atomic mass is 10.2. The summed E-state index contributed by atoms with van der Waals surface area (Å²) in [6.45, 7) is 1.26. The van der Waals surface area contributed by atoms with Crippen molar-refractivity contribution in [1.29, 1.82) is 0 Å². The number of hydrogen-bond acceptors (Lipinski definition) is 5. The van der Waals surface area contributed by atoms with E-state index in [0.717, 1.165) is 29.6 Å². The Morgan fingerprint density at radius 3 is 2.84 bits per heavy atom. The topological polar surface area (TPSA) is 74.3 Å². The van der Waals surface area contributed by atoms with Crippen LogP contribution in [0.4, 0.5) is 5.13 Å². The highest BCUT2D eigenvalue weighted by Gasteiger charge is 2.29. The van der Waals surface area contributed by atoms with Gasteiger partial charge in [0.2, 0.25) is 5.91 Å². The molecule has 0 saturated carbocycles. The molecule has 132 valence electrons. The van der Waals surface area contributed by atoms with Crippen molar-refractivity contribution in [1.82, 2.24) is 15.2 Å². The maximum absolute atomic E-state index is 12.3. The molecular formula is C17H19BrN4O2S. The standard InChI is InChI=1S/C17H19BrN4O2S/c1-19-15(23)9-22-8-2-3-14(22)13-10-25-17(20-13)21-16(24)11-4-6-12(18)7-5-11/h4-7,10,14H,2-3,8-9H2,1H3,(H,19,23)(H,20,21,24). The zero-order chi connectivity index (χ0) is 17.8. The number of likely N-dealkylation sites (N-methyl/N-ethyl adjacent to an activating group) is 1. The number of carbonyl (C=O) groups excluding carboxylic acids is 2. The number of likely N-dealkylation sites (tertiary alicyclic amines) is 1. The second-order valence-corrected chi connectivity index (χ2v) is 7.61. The molecule has 2 heterocycles. The Morgan fingerprint density at radius 2 is 2.12 bits per heavy atom. The van der Waals surface area contributed by atoms with Gasteiger partial charge in [0.1, 0.15) is 0 Å². The fourth-order valence-corrected chi connectivity index (χ4v) is 3.90. The monoisotopic (exact) mass is 422 g/mol. The Balaban J connectivity index is 1.66. The highest BCUT2D eigenvalue weighted by atomic mass is 79.9. The molecule has 6 nitrogen and oxygen atoms in total. The molecule has 25 heavy (non-hydrogen) atoms. The molecule has 2 N–H and O–H groups in total. The summed E-state index contributed by atoms with van der Waals surface area (Å²) in [7, 11) is 1.64. The van der Waals surface area contributed by atoms with Gasteiger partial charge in [-0.25, -0.2) is 4.98 Å². The Kier molecular flexibility index (Phi) is 5.82. The van der Waals surface area contributed by atoms with E-state index in [1.807, 2.05) is 17.5 Å². The van der Waals surface area contributed by atoms with Crippen molar-refractivity contribution in [2.45, 2.75) is 18.9 Å². The summed E-state index contributed by atoms with van der Waals surface area (Å²) < 4.78 is 0.929. The maximum Gasteiger partial charge on any atom is 0.257 e. The molecule has 1 aliphatic heterocycles. The molecule has 2 amide bonds. The molecule has 0 spiro atoms. The van der Waals surface area contributed by atoms with E-state index in [2.05, 4.69) is 36.4 Å². The summed E-state index contributed by atoms with van der Waals surface area (Å²) in [5.74, 6) is -0.173. The van der Waals surface area contributed by atoms with E-state index in [9.17, 15) is 9.59 Å². The van der Waals surface area contributed by atoms with Crippen molar-refractivity contribution in [2.24, 2.45) is 0 Å². The number of rotatable bonds is 5. The second-order valence-electron chi connectivity index (χ2n) is 5.84. The quantitative estimate of drug-likeness (QED) is 0.776. The molecule has 0 bridgehead atoms. The second kappa shape index (κ2) is 8.07. The molecule has 1 aromatic carbocycles. The van der Waals surface area contributed by atoms with Crippen LogP contribution in [0.2, 0.25) is 0 Å². The lowest BCUT2D eigenvalue weighted by Gasteiger charge is -2.21. The minimum atomic E-state index is -0.179. The maximum atomic E-state index is 12.3. The van der Waals surface area contributed by atoms with E-state index >= 15 is 0 Å². The minimum Gasteiger partial charge on any atom is -0.358 e. The van der Waals surface area contributed by atoms with Crippen LogP contribution < -0.4 is 10.6 Å². The van der Waals surface area contributed by atoms with Gasteiger partial charge in [-0.15, -0.1) is 11.3 Å². The highest BCUT2D eigenvalue weighted by molar-refractivity contribution is 9.10. The summed E-state index contributed by atoms with van der Waals surface area (Å²) in [5, 5.41) is 8.04. The van der Waals surface area contributed by atoms with Gasteiger partial charge < -0.3 is 5.32 Å². The number of hydrogen-bond donors (Lipinski definition) is 2. The smallest absolute Gasteiger partial charge is 0.257 e. The van der Waals surface area contributed by atoms with Crippen LogP contribution >= 0.6 is 27.3 Å². The van der Waals surface area contributed by atoms with Crippen LogP contribution in [0.3, 0.4) is 0 Å². The van der Waals surface area contributed by atoms with Crippen LogP contribution in [-0.4, -0.2) is 41.8 Å². The predicted octanol–water partition coefficient (Wildman–Crippen LogP) is 3.04. The summed E-state index contributed by atoms with van der Waals surface area (Å²) in [4.78, 5) is 30.6. The van der Waals surface area contributed by atoms with E-state index < -0.39 is 0 Å². The fourth-order valence-electron chi connectivity index (χ4n) is 2.88. The molecule has 1 saturated heterocycles. The Bertz CT molecular complexity index is 762. The molecule has 0 aliphatic carbocycles. The first-order valence-corrected chi connectivity index (χ1v) is 9.71. The average Bonchev–Trinajstić information content (AvgIpc) is 3.24. The number of benzene rings is 1. The minimum absolute atomic E-state index is 0.00546. The number of nitrogens with one attached hydrogen (secondary N) is 2. The van der Waals surface area contributed by atoms with Gasteiger partial charge in [-0.3, -0.25) is 19.8 Å². The number of nitrogens with zero attached hydrogens (tertiary/aromatic N) is 2.